The van der Waals surface area contributed by atoms with Gasteiger partial charge in [-0.2, -0.15) is 5.10 Å². The van der Waals surface area contributed by atoms with E-state index in [-0.39, 0.29) is 11.5 Å². The zero-order valence-corrected chi connectivity index (χ0v) is 10.7. The smallest absolute Gasteiger partial charge is 0.276 e. The first-order chi connectivity index (χ1) is 9.63. The molecule has 0 aliphatic carbocycles. The van der Waals surface area contributed by atoms with Crippen LogP contribution in [0.2, 0.25) is 0 Å². The molecule has 0 saturated carbocycles. The van der Waals surface area contributed by atoms with Gasteiger partial charge in [0.15, 0.2) is 11.3 Å². The third-order valence-corrected chi connectivity index (χ3v) is 2.90. The van der Waals surface area contributed by atoms with Crippen molar-refractivity contribution in [3.63, 3.8) is 0 Å². The van der Waals surface area contributed by atoms with E-state index < -0.39 is 5.91 Å². The largest absolute Gasteiger partial charge is 0.320 e. The van der Waals surface area contributed by atoms with Crippen LogP contribution in [0.4, 0.5) is 10.1 Å². The zero-order chi connectivity index (χ0) is 14.1. The minimum Gasteiger partial charge on any atom is -0.320 e. The molecule has 0 unspecified atom stereocenters. The molecule has 6 heteroatoms. The molecule has 1 aromatic carbocycles. The van der Waals surface area contributed by atoms with Crippen LogP contribution >= 0.6 is 0 Å². The molecular weight excluding hydrogens is 259 g/mol. The fraction of sp³-hybridized carbons (Fsp3) is 0.0714. The highest BCUT2D eigenvalue weighted by molar-refractivity contribution is 6.03. The highest BCUT2D eigenvalue weighted by Crippen LogP contribution is 2.14. The molecule has 2 aromatic heterocycles. The molecule has 2 heterocycles. The molecule has 0 fully saturated rings. The maximum absolute atomic E-state index is 13.4. The van der Waals surface area contributed by atoms with E-state index in [0.29, 0.717) is 16.9 Å². The Morgan fingerprint density at radius 1 is 1.35 bits per heavy atom. The third-order valence-electron chi connectivity index (χ3n) is 2.90. The van der Waals surface area contributed by atoms with Gasteiger partial charge in [-0.3, -0.25) is 4.79 Å². The molecule has 5 nitrogen and oxygen atoms in total. The number of fused-ring (bicyclic) bond motifs is 1. The van der Waals surface area contributed by atoms with Crippen LogP contribution in [-0.2, 0) is 0 Å². The van der Waals surface area contributed by atoms with Gasteiger partial charge in [0.25, 0.3) is 5.91 Å². The second-order valence-corrected chi connectivity index (χ2v) is 4.37. The molecular formula is C14H11FN4O. The van der Waals surface area contributed by atoms with Gasteiger partial charge in [0, 0.05) is 24.1 Å². The van der Waals surface area contributed by atoms with Crippen molar-refractivity contribution in [3.8, 4) is 0 Å². The van der Waals surface area contributed by atoms with Crippen LogP contribution in [0.1, 0.15) is 16.1 Å². The minimum absolute atomic E-state index is 0.227. The summed E-state index contributed by atoms with van der Waals surface area (Å²) in [7, 11) is 0. The second kappa shape index (κ2) is 4.73. The number of amides is 1. The average Bonchev–Trinajstić information content (AvgIpc) is 2.87. The van der Waals surface area contributed by atoms with E-state index >= 15 is 0 Å². The lowest BCUT2D eigenvalue weighted by Crippen LogP contribution is -2.12. The molecule has 0 aliphatic heterocycles. The summed E-state index contributed by atoms with van der Waals surface area (Å²) in [4.78, 5) is 16.1. The fourth-order valence-corrected chi connectivity index (χ4v) is 1.81. The molecule has 3 aromatic rings. The van der Waals surface area contributed by atoms with Gasteiger partial charge < -0.3 is 5.32 Å². The van der Waals surface area contributed by atoms with Crippen molar-refractivity contribution in [2.45, 2.75) is 6.92 Å². The number of benzene rings is 1. The molecule has 3 rings (SSSR count). The van der Waals surface area contributed by atoms with Crippen LogP contribution in [0.3, 0.4) is 0 Å². The monoisotopic (exact) mass is 270 g/mol. The number of carbonyl (C=O) groups is 1. The molecule has 1 N–H and O–H groups in total. The van der Waals surface area contributed by atoms with E-state index in [1.165, 1.54) is 10.6 Å². The van der Waals surface area contributed by atoms with Gasteiger partial charge in [-0.15, -0.1) is 0 Å². The highest BCUT2D eigenvalue weighted by Gasteiger charge is 2.12. The highest BCUT2D eigenvalue weighted by atomic mass is 19.1. The van der Waals surface area contributed by atoms with Gasteiger partial charge in [-0.05, 0) is 30.7 Å². The summed E-state index contributed by atoms with van der Waals surface area (Å²) < 4.78 is 14.9. The zero-order valence-electron chi connectivity index (χ0n) is 10.7. The first-order valence-electron chi connectivity index (χ1n) is 6.01. The van der Waals surface area contributed by atoms with Crippen molar-refractivity contribution >= 4 is 17.2 Å². The molecule has 0 aliphatic rings. The average molecular weight is 270 g/mol. The number of anilines is 1. The van der Waals surface area contributed by atoms with E-state index in [2.05, 4.69) is 15.4 Å². The second-order valence-electron chi connectivity index (χ2n) is 4.37. The van der Waals surface area contributed by atoms with Crippen molar-refractivity contribution in [2.24, 2.45) is 0 Å². The Morgan fingerprint density at radius 2 is 2.20 bits per heavy atom. The quantitative estimate of drug-likeness (QED) is 0.778. The molecule has 0 spiro atoms. The standard InChI is InChI=1S/C14H11FN4O/c1-9-3-4-10(7-11(9)15)17-14(20)12-8-13-16-5-2-6-19(13)18-12/h2-8H,1H3,(H,17,20). The Balaban J connectivity index is 1.86. The topological polar surface area (TPSA) is 59.3 Å². The Hall–Kier alpha value is -2.76. The Labute approximate surface area is 114 Å². The lowest BCUT2D eigenvalue weighted by molar-refractivity contribution is 0.102. The van der Waals surface area contributed by atoms with Crippen LogP contribution in [0, 0.1) is 12.7 Å². The molecule has 0 atom stereocenters. The Morgan fingerprint density at radius 3 is 2.95 bits per heavy atom. The number of hydrogen-bond donors (Lipinski definition) is 1. The lowest BCUT2D eigenvalue weighted by atomic mass is 10.2. The molecule has 0 saturated heterocycles. The number of rotatable bonds is 2. The van der Waals surface area contributed by atoms with E-state index in [9.17, 15) is 9.18 Å². The number of aryl methyl sites for hydroxylation is 1. The number of nitrogens with one attached hydrogen (secondary N) is 1. The molecule has 20 heavy (non-hydrogen) atoms. The molecule has 1 amide bonds. The summed E-state index contributed by atoms with van der Waals surface area (Å²) in [5.74, 6) is -0.766. The fourth-order valence-electron chi connectivity index (χ4n) is 1.81. The van der Waals surface area contributed by atoms with Gasteiger partial charge in [-0.1, -0.05) is 6.07 Å². The van der Waals surface area contributed by atoms with Crippen molar-refractivity contribution < 1.29 is 9.18 Å². The molecule has 100 valence electrons. The van der Waals surface area contributed by atoms with Gasteiger partial charge in [-0.25, -0.2) is 13.9 Å². The lowest BCUT2D eigenvalue weighted by Gasteiger charge is -2.04. The predicted octanol–water partition coefficient (Wildman–Crippen LogP) is 2.43. The van der Waals surface area contributed by atoms with Gasteiger partial charge in [0.1, 0.15) is 5.82 Å². The third kappa shape index (κ3) is 2.23. The number of aromatic nitrogens is 3. The number of nitrogens with zero attached hydrogens (tertiary/aromatic N) is 3. The van der Waals surface area contributed by atoms with Crippen molar-refractivity contribution in [2.75, 3.05) is 5.32 Å². The van der Waals surface area contributed by atoms with E-state index in [1.807, 2.05) is 0 Å². The van der Waals surface area contributed by atoms with Gasteiger partial charge >= 0.3 is 0 Å². The first kappa shape index (κ1) is 12.3. The van der Waals surface area contributed by atoms with Crippen molar-refractivity contribution in [3.05, 3.63) is 59.8 Å². The van der Waals surface area contributed by atoms with Crippen LogP contribution in [0.25, 0.3) is 5.65 Å². The normalized spacial score (nSPS) is 10.7. The summed E-state index contributed by atoms with van der Waals surface area (Å²) in [6, 6.07) is 7.82. The summed E-state index contributed by atoms with van der Waals surface area (Å²) in [6.07, 6.45) is 3.32. The van der Waals surface area contributed by atoms with Gasteiger partial charge in [0.2, 0.25) is 0 Å². The SMILES string of the molecule is Cc1ccc(NC(=O)c2cc3ncccn3n2)cc1F. The number of halogens is 1. The summed E-state index contributed by atoms with van der Waals surface area (Å²) >= 11 is 0. The number of carbonyl (C=O) groups excluding carboxylic acids is 1. The summed E-state index contributed by atoms with van der Waals surface area (Å²) in [6.45, 7) is 1.66. The van der Waals surface area contributed by atoms with Crippen LogP contribution in [-0.4, -0.2) is 20.5 Å². The first-order valence-corrected chi connectivity index (χ1v) is 6.01. The van der Waals surface area contributed by atoms with Crippen LogP contribution in [0.15, 0.2) is 42.7 Å². The predicted molar refractivity (Wildman–Crippen MR) is 72.1 cm³/mol. The molecule has 0 radical (unpaired) electrons. The minimum atomic E-state index is -0.404. The van der Waals surface area contributed by atoms with E-state index in [4.69, 9.17) is 0 Å². The van der Waals surface area contributed by atoms with Gasteiger partial charge in [0.05, 0.1) is 0 Å². The van der Waals surface area contributed by atoms with E-state index in [0.717, 1.165) is 0 Å². The molecule has 0 bridgehead atoms. The summed E-state index contributed by atoms with van der Waals surface area (Å²) in [5.41, 5.74) is 1.72. The Bertz CT molecular complexity index is 764. The maximum atomic E-state index is 13.4. The van der Waals surface area contributed by atoms with Crippen molar-refractivity contribution in [1.82, 2.24) is 14.6 Å². The Kier molecular flexibility index (Phi) is 2.90. The summed E-state index contributed by atoms with van der Waals surface area (Å²) in [5, 5.41) is 6.70. The number of hydrogen-bond acceptors (Lipinski definition) is 3. The van der Waals surface area contributed by atoms with Crippen LogP contribution < -0.4 is 5.32 Å². The van der Waals surface area contributed by atoms with Crippen molar-refractivity contribution in [1.29, 1.82) is 0 Å². The maximum Gasteiger partial charge on any atom is 0.276 e. The van der Waals surface area contributed by atoms with E-state index in [1.54, 1.807) is 43.6 Å². The van der Waals surface area contributed by atoms with Crippen LogP contribution in [0.5, 0.6) is 0 Å².